The number of nitrogens with one attached hydrogen (secondary N) is 4. The molecule has 0 aromatic heterocycles. The van der Waals surface area contributed by atoms with Crippen LogP contribution in [0.2, 0.25) is 0 Å². The van der Waals surface area contributed by atoms with E-state index in [4.69, 9.17) is 9.47 Å². The summed E-state index contributed by atoms with van der Waals surface area (Å²) in [6, 6.07) is 0.492. The Balaban J connectivity index is 1.10. The van der Waals surface area contributed by atoms with Gasteiger partial charge in [0.25, 0.3) is 0 Å². The fraction of sp³-hybridized carbons (Fsp3) is 0.957. The third-order valence-electron chi connectivity index (χ3n) is 7.92. The average Bonchev–Trinajstić information content (AvgIpc) is 3.32. The van der Waals surface area contributed by atoms with Crippen LogP contribution in [0.3, 0.4) is 0 Å². The zero-order valence-electron chi connectivity index (χ0n) is 18.7. The first-order valence-corrected chi connectivity index (χ1v) is 12.4. The van der Waals surface area contributed by atoms with Crippen LogP contribution < -0.4 is 21.3 Å². The van der Waals surface area contributed by atoms with E-state index in [9.17, 15) is 4.79 Å². The minimum atomic E-state index is 0.170. The Morgan fingerprint density at radius 2 is 1.70 bits per heavy atom. The maximum absolute atomic E-state index is 12.5. The molecule has 1 atom stereocenters. The predicted octanol–water partition coefficient (Wildman–Crippen LogP) is 1.73. The van der Waals surface area contributed by atoms with E-state index in [-0.39, 0.29) is 24.2 Å². The van der Waals surface area contributed by atoms with E-state index in [1.165, 1.54) is 25.7 Å². The topological polar surface area (TPSA) is 83.7 Å². The van der Waals surface area contributed by atoms with Crippen LogP contribution in [0.1, 0.15) is 64.2 Å². The van der Waals surface area contributed by atoms with Crippen molar-refractivity contribution in [3.63, 3.8) is 0 Å². The summed E-state index contributed by atoms with van der Waals surface area (Å²) in [4.78, 5) is 12.5. The fourth-order valence-electron chi connectivity index (χ4n) is 5.85. The van der Waals surface area contributed by atoms with Gasteiger partial charge in [-0.05, 0) is 76.0 Å². The molecule has 0 radical (unpaired) electrons. The second-order valence-corrected chi connectivity index (χ2v) is 9.88. The second-order valence-electron chi connectivity index (χ2n) is 9.88. The summed E-state index contributed by atoms with van der Waals surface area (Å²) in [5.74, 6) is 1.94. The zero-order chi connectivity index (χ0) is 20.8. The van der Waals surface area contributed by atoms with Crippen molar-refractivity contribution < 1.29 is 14.3 Å². The molecule has 2 aliphatic heterocycles. The molecular formula is C23H42N4O3. The van der Waals surface area contributed by atoms with Gasteiger partial charge in [-0.2, -0.15) is 0 Å². The van der Waals surface area contributed by atoms with E-state index in [0.717, 1.165) is 70.1 Å². The van der Waals surface area contributed by atoms with Crippen molar-refractivity contribution in [2.24, 2.45) is 17.8 Å². The van der Waals surface area contributed by atoms with Gasteiger partial charge in [-0.1, -0.05) is 0 Å². The molecule has 2 aliphatic carbocycles. The summed E-state index contributed by atoms with van der Waals surface area (Å²) in [5.41, 5.74) is 0. The Bertz CT molecular complexity index is 519. The molecule has 4 N–H and O–H groups in total. The van der Waals surface area contributed by atoms with Gasteiger partial charge in [-0.3, -0.25) is 20.7 Å². The maximum atomic E-state index is 12.5. The van der Waals surface area contributed by atoms with E-state index in [1.54, 1.807) is 0 Å². The molecule has 0 aromatic rings. The van der Waals surface area contributed by atoms with Crippen LogP contribution >= 0.6 is 0 Å². The number of carbonyl (C=O) groups excluding carboxylic acids is 1. The Labute approximate surface area is 181 Å². The van der Waals surface area contributed by atoms with E-state index in [1.807, 2.05) is 7.11 Å². The smallest absolute Gasteiger partial charge is 0.223 e. The molecule has 0 bridgehead atoms. The first-order valence-electron chi connectivity index (χ1n) is 12.4. The molecule has 2 saturated heterocycles. The van der Waals surface area contributed by atoms with Crippen LogP contribution in [0.15, 0.2) is 0 Å². The molecule has 30 heavy (non-hydrogen) atoms. The maximum Gasteiger partial charge on any atom is 0.223 e. The minimum absolute atomic E-state index is 0.170. The van der Waals surface area contributed by atoms with Crippen LogP contribution in [0.5, 0.6) is 0 Å². The molecule has 4 fully saturated rings. The molecule has 2 saturated carbocycles. The highest BCUT2D eigenvalue weighted by atomic mass is 16.5. The van der Waals surface area contributed by atoms with Gasteiger partial charge in [-0.25, -0.2) is 0 Å². The molecule has 7 nitrogen and oxygen atoms in total. The van der Waals surface area contributed by atoms with Gasteiger partial charge in [0.1, 0.15) is 6.29 Å². The highest BCUT2D eigenvalue weighted by Gasteiger charge is 2.32. The van der Waals surface area contributed by atoms with Crippen molar-refractivity contribution in [2.75, 3.05) is 33.4 Å². The molecule has 0 spiro atoms. The summed E-state index contributed by atoms with van der Waals surface area (Å²) in [7, 11) is 1.84. The van der Waals surface area contributed by atoms with Gasteiger partial charge in [0.05, 0.1) is 12.2 Å². The standard InChI is InChI=1S/C23H42N4O3/c1-29-20-10-6-16(7-11-20)18-13-25-23(26-14-18)27-19-8-4-17(5-9-19)22(28)24-15-21-3-2-12-30-21/h16-21,23,25-27H,2-15H2,1H3,(H,24,28). The quantitative estimate of drug-likeness (QED) is 0.500. The van der Waals surface area contributed by atoms with Crippen LogP contribution in [0.4, 0.5) is 0 Å². The number of rotatable bonds is 7. The first kappa shape index (κ1) is 22.5. The lowest BCUT2D eigenvalue weighted by Crippen LogP contribution is -2.63. The molecule has 2 heterocycles. The Hall–Kier alpha value is -0.730. The lowest BCUT2D eigenvalue weighted by Gasteiger charge is -2.40. The average molecular weight is 423 g/mol. The predicted molar refractivity (Wildman–Crippen MR) is 117 cm³/mol. The van der Waals surface area contributed by atoms with Gasteiger partial charge in [0, 0.05) is 45.3 Å². The first-order chi connectivity index (χ1) is 14.7. The van der Waals surface area contributed by atoms with E-state index >= 15 is 0 Å². The molecule has 172 valence electrons. The van der Waals surface area contributed by atoms with Crippen LogP contribution in [-0.4, -0.2) is 63.8 Å². The lowest BCUT2D eigenvalue weighted by atomic mass is 9.78. The molecular weight excluding hydrogens is 380 g/mol. The molecule has 4 aliphatic rings. The van der Waals surface area contributed by atoms with Gasteiger partial charge in [0.15, 0.2) is 0 Å². The number of methoxy groups -OCH3 is 1. The largest absolute Gasteiger partial charge is 0.381 e. The third kappa shape index (κ3) is 6.16. The van der Waals surface area contributed by atoms with Crippen molar-refractivity contribution in [3.8, 4) is 0 Å². The van der Waals surface area contributed by atoms with Crippen molar-refractivity contribution in [3.05, 3.63) is 0 Å². The summed E-state index contributed by atoms with van der Waals surface area (Å²) < 4.78 is 11.1. The number of hydrogen-bond donors (Lipinski definition) is 4. The third-order valence-corrected chi connectivity index (χ3v) is 7.92. The Morgan fingerprint density at radius 3 is 2.33 bits per heavy atom. The van der Waals surface area contributed by atoms with Gasteiger partial charge in [0.2, 0.25) is 5.91 Å². The zero-order valence-corrected chi connectivity index (χ0v) is 18.7. The minimum Gasteiger partial charge on any atom is -0.381 e. The highest BCUT2D eigenvalue weighted by Crippen LogP contribution is 2.32. The Kier molecular flexibility index (Phi) is 8.41. The Morgan fingerprint density at radius 1 is 0.967 bits per heavy atom. The van der Waals surface area contributed by atoms with Crippen molar-refractivity contribution in [1.29, 1.82) is 0 Å². The monoisotopic (exact) mass is 422 g/mol. The molecule has 1 amide bonds. The van der Waals surface area contributed by atoms with Gasteiger partial charge < -0.3 is 14.8 Å². The van der Waals surface area contributed by atoms with Crippen LogP contribution in [0.25, 0.3) is 0 Å². The SMILES string of the molecule is COC1CCC(C2CNC(NC3CCC(C(=O)NCC4CCCO4)CC3)NC2)CC1. The van der Waals surface area contributed by atoms with Gasteiger partial charge in [-0.15, -0.1) is 0 Å². The van der Waals surface area contributed by atoms with Crippen molar-refractivity contribution in [2.45, 2.75) is 88.7 Å². The fourth-order valence-corrected chi connectivity index (χ4v) is 5.85. The number of hydrogen-bond acceptors (Lipinski definition) is 6. The van der Waals surface area contributed by atoms with Crippen LogP contribution in [0, 0.1) is 17.8 Å². The number of carbonyl (C=O) groups is 1. The lowest BCUT2D eigenvalue weighted by molar-refractivity contribution is -0.126. The second kappa shape index (κ2) is 11.2. The highest BCUT2D eigenvalue weighted by molar-refractivity contribution is 5.78. The van der Waals surface area contributed by atoms with E-state index in [2.05, 4.69) is 21.3 Å². The number of ether oxygens (including phenoxy) is 2. The van der Waals surface area contributed by atoms with Gasteiger partial charge >= 0.3 is 0 Å². The summed E-state index contributed by atoms with van der Waals surface area (Å²) in [6.45, 7) is 3.71. The molecule has 1 unspecified atom stereocenters. The van der Waals surface area contributed by atoms with Crippen LogP contribution in [-0.2, 0) is 14.3 Å². The molecule has 0 aromatic carbocycles. The summed E-state index contributed by atoms with van der Waals surface area (Å²) in [6.07, 6.45) is 12.2. The van der Waals surface area contributed by atoms with E-state index < -0.39 is 0 Å². The van der Waals surface area contributed by atoms with E-state index in [0.29, 0.717) is 18.7 Å². The summed E-state index contributed by atoms with van der Waals surface area (Å²) >= 11 is 0. The van der Waals surface area contributed by atoms with Crippen molar-refractivity contribution in [1.82, 2.24) is 21.3 Å². The normalized spacial score (nSPS) is 40.2. The number of amides is 1. The summed E-state index contributed by atoms with van der Waals surface area (Å²) in [5, 5.41) is 14.2. The molecule has 4 rings (SSSR count). The molecule has 7 heteroatoms. The van der Waals surface area contributed by atoms with Crippen molar-refractivity contribution >= 4 is 5.91 Å².